The minimum Gasteiger partial charge on any atom is -0.493 e. The molecule has 0 saturated heterocycles. The Bertz CT molecular complexity index is 2600. The number of halogens is 1. The molecule has 1 atom stereocenters. The minimum absolute atomic E-state index is 0. The van der Waals surface area contributed by atoms with Crippen molar-refractivity contribution in [1.29, 1.82) is 0 Å². The topological polar surface area (TPSA) is 131 Å². The number of hydrogen-bond acceptors (Lipinski definition) is 8. The first-order valence-electron chi connectivity index (χ1n) is 27.0. The molecule has 1 aliphatic rings. The zero-order valence-corrected chi connectivity index (χ0v) is 49.3. The molecule has 30 radical (unpaired) electrons. The van der Waals surface area contributed by atoms with Crippen LogP contribution < -0.4 is 24.8 Å². The van der Waals surface area contributed by atoms with Gasteiger partial charge in [-0.2, -0.15) is 0 Å². The first-order valence-corrected chi connectivity index (χ1v) is 27.4. The first-order chi connectivity index (χ1) is 38.9. The highest BCUT2D eigenvalue weighted by Gasteiger charge is 2.51. The van der Waals surface area contributed by atoms with Crippen molar-refractivity contribution < 1.29 is 24.2 Å². The molecule has 0 spiro atoms. The third kappa shape index (κ3) is 25.0. The maximum absolute atomic E-state index is 12.5. The summed E-state index contributed by atoms with van der Waals surface area (Å²) < 4.78 is 5.82. The highest BCUT2D eigenvalue weighted by molar-refractivity contribution is 8.26. The molecule has 1 aliphatic heterocycles. The highest BCUT2D eigenvalue weighted by Crippen LogP contribution is 2.37. The van der Waals surface area contributed by atoms with Crippen molar-refractivity contribution >= 4 is 251 Å². The largest absolute Gasteiger partial charge is 0.493 e. The maximum atomic E-state index is 12.5. The van der Waals surface area contributed by atoms with Crippen LogP contribution in [0.5, 0.6) is 5.75 Å². The van der Waals surface area contributed by atoms with Gasteiger partial charge in [0, 0.05) is 282 Å². The van der Waals surface area contributed by atoms with Crippen molar-refractivity contribution in [1.82, 2.24) is 9.97 Å². The quantitative estimate of drug-likeness (QED) is 0.0443. The molecule has 5 aromatic rings. The number of carbonyl (C=O) groups excluding carboxylic acids is 2. The number of rotatable bonds is 24. The van der Waals surface area contributed by atoms with Crippen LogP contribution in [0.3, 0.4) is 0 Å². The molecule has 0 aliphatic carbocycles. The number of anilines is 4. The summed E-state index contributed by atoms with van der Waals surface area (Å²) in [6, 6.07) is 29.2. The van der Waals surface area contributed by atoms with Crippen molar-refractivity contribution in [3.63, 3.8) is 0 Å². The van der Waals surface area contributed by atoms with Gasteiger partial charge in [0.2, 0.25) is 11.1 Å². The van der Waals surface area contributed by atoms with E-state index in [2.05, 4.69) is 15.3 Å². The van der Waals surface area contributed by atoms with Gasteiger partial charge in [-0.1, -0.05) is 43.8 Å². The number of hydrogen-bond donors (Lipinski definition) is 3. The summed E-state index contributed by atoms with van der Waals surface area (Å²) in [5.74, 6) is 0.426. The number of nitrogens with zero attached hydrogens (tertiary/aromatic N) is 4. The predicted molar refractivity (Wildman–Crippen MR) is 390 cm³/mol. The predicted octanol–water partition coefficient (Wildman–Crippen LogP) is -2.82. The Hall–Kier alpha value is -3.99. The number of nitrogens with one attached hydrogen (secondary N) is 2. The molecule has 4 aromatic carbocycles. The second-order valence-corrected chi connectivity index (χ2v) is 21.8. The second kappa shape index (κ2) is 37.6. The number of aromatic amines is 1. The van der Waals surface area contributed by atoms with Gasteiger partial charge in [-0.3, -0.25) is 14.4 Å². The van der Waals surface area contributed by atoms with Gasteiger partial charge in [0.15, 0.2) is 0 Å². The van der Waals surface area contributed by atoms with Crippen molar-refractivity contribution in [3.05, 3.63) is 131 Å². The smallest absolute Gasteiger partial charge is 0.307 e. The molecule has 84 heavy (non-hydrogen) atoms. The summed E-state index contributed by atoms with van der Waals surface area (Å²) in [6.45, 7) is 0.709. The summed E-state index contributed by atoms with van der Waals surface area (Å²) in [6.07, 6.45) is -6.11. The van der Waals surface area contributed by atoms with Crippen LogP contribution in [0, 0.1) is 0 Å². The molecule has 1 amide bonds. The van der Waals surface area contributed by atoms with Crippen molar-refractivity contribution in [2.45, 2.75) is 45.4 Å². The van der Waals surface area contributed by atoms with E-state index < -0.39 is 89.0 Å². The molecule has 40 heteroatoms. The summed E-state index contributed by atoms with van der Waals surface area (Å²) in [4.78, 5) is 46.8. The number of benzene rings is 4. The molecule has 382 valence electrons. The molecule has 0 bridgehead atoms. The Balaban J connectivity index is 0.000000405. The summed E-state index contributed by atoms with van der Waals surface area (Å²) in [5, 5.41) is 11.2. The van der Waals surface area contributed by atoms with E-state index in [0.29, 0.717) is 25.4 Å². The fraction of sp³-hybridized carbons (Fsp3) is 0.318. The molecule has 11 nitrogen and oxygen atoms in total. The van der Waals surface area contributed by atoms with Crippen LogP contribution in [0.1, 0.15) is 47.7 Å². The van der Waals surface area contributed by atoms with E-state index in [1.165, 1.54) is 0 Å². The molecular weight excluding hydrogens is 1030 g/mol. The molecule has 0 fully saturated rings. The van der Waals surface area contributed by atoms with Crippen molar-refractivity contribution in [2.24, 2.45) is 0 Å². The number of amides is 1. The number of carboxylic acids is 1. The monoisotopic (exact) mass is 1090 g/mol. The van der Waals surface area contributed by atoms with E-state index >= 15 is 0 Å². The van der Waals surface area contributed by atoms with Crippen molar-refractivity contribution in [2.75, 3.05) is 68.9 Å². The van der Waals surface area contributed by atoms with Gasteiger partial charge < -0.3 is 34.8 Å². The lowest BCUT2D eigenvalue weighted by atomic mass is 8.32. The lowest BCUT2D eigenvalue weighted by Gasteiger charge is -2.49. The number of fused-ring (bicyclic) bond motifs is 1. The van der Waals surface area contributed by atoms with Crippen LogP contribution in [0.2, 0.25) is 0 Å². The fourth-order valence-corrected chi connectivity index (χ4v) is 10.1. The summed E-state index contributed by atoms with van der Waals surface area (Å²) in [5.41, 5.74) is 9.14. The number of carbonyl (C=O) groups is 3. The fourth-order valence-electron chi connectivity index (χ4n) is 9.98. The van der Waals surface area contributed by atoms with Gasteiger partial charge in [0.25, 0.3) is 0 Å². The molecule has 6 rings (SSSR count). The normalized spacial score (nSPS) is 11.4. The van der Waals surface area contributed by atoms with Gasteiger partial charge >= 0.3 is 5.97 Å². The molecule has 1 unspecified atom stereocenters. The van der Waals surface area contributed by atoms with E-state index in [1.807, 2.05) is 154 Å². The third-order valence-electron chi connectivity index (χ3n) is 14.2. The number of aromatic nitrogens is 2. The summed E-state index contributed by atoms with van der Waals surface area (Å²) in [7, 11) is 101. The maximum Gasteiger partial charge on any atom is 0.307 e. The van der Waals surface area contributed by atoms with Gasteiger partial charge in [-0.25, -0.2) is 4.98 Å². The van der Waals surface area contributed by atoms with E-state index in [4.69, 9.17) is 138 Å². The van der Waals surface area contributed by atoms with Crippen LogP contribution >= 0.6 is 11.6 Å². The number of ether oxygens (including phenoxy) is 1. The van der Waals surface area contributed by atoms with Crippen molar-refractivity contribution in [3.8, 4) is 5.75 Å². The van der Waals surface area contributed by atoms with E-state index in [-0.39, 0.29) is 25.0 Å². The second-order valence-electron chi connectivity index (χ2n) is 21.4. The Labute approximate surface area is 532 Å². The average molecular weight is 1090 g/mol. The number of imidazole rings is 1. The van der Waals surface area contributed by atoms with Crippen LogP contribution in [-0.4, -0.2) is 280 Å². The molecule has 1 aromatic heterocycles. The zero-order valence-electron chi connectivity index (χ0n) is 48.5. The lowest BCUT2D eigenvalue weighted by molar-refractivity contribution is -0.136. The number of carboxylic acid groups (broad SMARTS) is 1. The van der Waals surface area contributed by atoms with Gasteiger partial charge in [0.05, 0.1) is 25.8 Å². The molecule has 3 N–H and O–H groups in total. The standard InChI is InChI=1S/C23H26N4O2.C10H12ClNO.C10H13NO2.CH4.B28/c1-27(2)20-6-3-16(4-7-20)11-23(28)26-18-5-8-22-21(13-18)17(9-10-29-22)12-19-14-24-15-25-19;1-12(2)9-5-3-8(4-6-9)7-10(11)13;1-11(2)9-5-3-8(4-6-9)7-10(12)13;;1-16(2)23(15)27(24(17(3)4)18(5)6)28(25(19(7)8)20(9)10)26(21(11)12)22(13)14/h3-8,13-15,17H,9-12H2,1-2H3,(H,24,25)(H,26,28);3-6H,7H2,1-2H3;3-6H,7H2,1-2H3,(H,12,13);1H4;. The summed E-state index contributed by atoms with van der Waals surface area (Å²) >= 11 is 5.27. The van der Waals surface area contributed by atoms with Crippen LogP contribution in [0.15, 0.2) is 104 Å². The number of aliphatic carboxylic acids is 1. The Morgan fingerprint density at radius 2 is 0.988 bits per heavy atom. The molecule has 0 saturated carbocycles. The highest BCUT2D eigenvalue weighted by atomic mass is 35.5. The Morgan fingerprint density at radius 1 is 0.583 bits per heavy atom. The zero-order chi connectivity index (χ0) is 62.4. The van der Waals surface area contributed by atoms with Crippen LogP contribution in [0.4, 0.5) is 22.7 Å². The Kier molecular flexibility index (Phi) is 34.1. The lowest BCUT2D eigenvalue weighted by Crippen LogP contribution is -2.87. The number of H-pyrrole nitrogens is 1. The van der Waals surface area contributed by atoms with E-state index in [0.717, 1.165) is 69.3 Å². The Morgan fingerprint density at radius 3 is 1.35 bits per heavy atom. The van der Waals surface area contributed by atoms with Gasteiger partial charge in [-0.15, -0.1) is 0 Å². The minimum atomic E-state index is -1.03. The van der Waals surface area contributed by atoms with Crippen LogP contribution in [0.25, 0.3) is 0 Å². The van der Waals surface area contributed by atoms with Gasteiger partial charge in [0.1, 0.15) is 5.75 Å². The van der Waals surface area contributed by atoms with E-state index in [1.54, 1.807) is 6.33 Å². The van der Waals surface area contributed by atoms with Crippen LogP contribution in [-0.2, 0) is 40.1 Å². The third-order valence-corrected chi connectivity index (χ3v) is 14.4. The average Bonchev–Trinajstić information content (AvgIpc) is 1.58. The first kappa shape index (κ1) is 76.1. The SMILES string of the molecule is C.CN(C)c1ccc(CC(=O)Cl)cc1.CN(C)c1ccc(CC(=O)Nc2ccc3c(c2)C(Cc2cnc[nH]2)CCO3)cc1.CN(C)c1ccc(CC(=O)O)cc1.[B]B([B])B([B])B(B(B([B])[B])B([B])[B])B(B(B([B])[B])B([B])[B])B(B([B])[B])B([B])[B]. The molecular formula is C44H55B28ClN6O5. The van der Waals surface area contributed by atoms with E-state index in [9.17, 15) is 14.4 Å². The van der Waals surface area contributed by atoms with Gasteiger partial charge in [-0.05, 0) is 107 Å². The molecule has 2 heterocycles.